The van der Waals surface area contributed by atoms with Gasteiger partial charge in [-0.05, 0) is 45.0 Å². The zero-order chi connectivity index (χ0) is 20.7. The molecule has 0 saturated carbocycles. The number of ether oxygens (including phenoxy) is 1. The standard InChI is InChI=1S/C20H18F2N4O3/c1-4-28-19(27)17-6-5-16(29-17)13-7-8-25-15(9-13)14(10-23-25)18-11(2)24-26(12(18)3)20(21)22/h5-10,20H,4H2,1-3H3. The van der Waals surface area contributed by atoms with Crippen molar-refractivity contribution in [2.45, 2.75) is 27.3 Å². The van der Waals surface area contributed by atoms with Gasteiger partial charge in [0, 0.05) is 28.6 Å². The van der Waals surface area contributed by atoms with Crippen LogP contribution in [0.4, 0.5) is 8.78 Å². The topological polar surface area (TPSA) is 74.6 Å². The lowest BCUT2D eigenvalue weighted by atomic mass is 10.0. The minimum Gasteiger partial charge on any atom is -0.460 e. The molecule has 0 aliphatic rings. The zero-order valence-electron chi connectivity index (χ0n) is 16.0. The van der Waals surface area contributed by atoms with Gasteiger partial charge in [-0.25, -0.2) is 14.0 Å². The highest BCUT2D eigenvalue weighted by Gasteiger charge is 2.21. The first-order chi connectivity index (χ1) is 13.9. The molecule has 4 aromatic heterocycles. The molecule has 4 aromatic rings. The molecule has 9 heteroatoms. The molecule has 0 aliphatic heterocycles. The lowest BCUT2D eigenvalue weighted by Gasteiger charge is -2.04. The highest BCUT2D eigenvalue weighted by molar-refractivity contribution is 5.88. The number of pyridine rings is 1. The SMILES string of the molecule is CCOC(=O)c1ccc(-c2ccn3ncc(-c4c(C)nn(C(F)F)c4C)c3c2)o1. The van der Waals surface area contributed by atoms with Gasteiger partial charge >= 0.3 is 12.5 Å². The van der Waals surface area contributed by atoms with Crippen LogP contribution in [0.15, 0.2) is 41.1 Å². The van der Waals surface area contributed by atoms with Crippen LogP contribution < -0.4 is 0 Å². The lowest BCUT2D eigenvalue weighted by molar-refractivity contribution is 0.0490. The number of hydrogen-bond acceptors (Lipinski definition) is 5. The predicted molar refractivity (Wildman–Crippen MR) is 101 cm³/mol. The third-order valence-corrected chi connectivity index (χ3v) is 4.67. The Bertz CT molecular complexity index is 1210. The normalized spacial score (nSPS) is 11.5. The summed E-state index contributed by atoms with van der Waals surface area (Å²) in [6.45, 7) is 2.55. The van der Waals surface area contributed by atoms with E-state index in [1.807, 2.05) is 6.07 Å². The Morgan fingerprint density at radius 1 is 1.28 bits per heavy atom. The van der Waals surface area contributed by atoms with Crippen molar-refractivity contribution >= 4 is 11.5 Å². The maximum atomic E-state index is 13.2. The average molecular weight is 400 g/mol. The van der Waals surface area contributed by atoms with Gasteiger partial charge in [0.25, 0.3) is 0 Å². The van der Waals surface area contributed by atoms with Gasteiger partial charge in [0.15, 0.2) is 0 Å². The second-order valence-corrected chi connectivity index (χ2v) is 6.46. The summed E-state index contributed by atoms with van der Waals surface area (Å²) in [6, 6.07) is 6.85. The molecule has 0 unspecified atom stereocenters. The van der Waals surface area contributed by atoms with E-state index < -0.39 is 12.5 Å². The second-order valence-electron chi connectivity index (χ2n) is 6.46. The number of nitrogens with zero attached hydrogens (tertiary/aromatic N) is 4. The van der Waals surface area contributed by atoms with E-state index in [-0.39, 0.29) is 12.4 Å². The van der Waals surface area contributed by atoms with Gasteiger partial charge in [-0.2, -0.15) is 19.0 Å². The first-order valence-corrected chi connectivity index (χ1v) is 8.99. The monoisotopic (exact) mass is 400 g/mol. The molecule has 0 bridgehead atoms. The molecule has 4 heterocycles. The number of halogens is 2. The number of aryl methyl sites for hydroxylation is 1. The van der Waals surface area contributed by atoms with Crippen molar-refractivity contribution in [2.24, 2.45) is 0 Å². The van der Waals surface area contributed by atoms with Crippen LogP contribution in [0.2, 0.25) is 0 Å². The number of carbonyl (C=O) groups excluding carboxylic acids is 1. The van der Waals surface area contributed by atoms with Crippen molar-refractivity contribution in [1.82, 2.24) is 19.4 Å². The van der Waals surface area contributed by atoms with Crippen molar-refractivity contribution in [2.75, 3.05) is 6.61 Å². The maximum absolute atomic E-state index is 13.2. The molecular formula is C20H18F2N4O3. The molecule has 0 N–H and O–H groups in total. The lowest BCUT2D eigenvalue weighted by Crippen LogP contribution is -2.02. The zero-order valence-corrected chi connectivity index (χ0v) is 16.0. The number of hydrogen-bond donors (Lipinski definition) is 0. The molecule has 0 atom stereocenters. The number of alkyl halides is 2. The first-order valence-electron chi connectivity index (χ1n) is 8.99. The van der Waals surface area contributed by atoms with Crippen LogP contribution in [0.25, 0.3) is 28.0 Å². The largest absolute Gasteiger partial charge is 0.460 e. The van der Waals surface area contributed by atoms with Crippen molar-refractivity contribution < 1.29 is 22.7 Å². The van der Waals surface area contributed by atoms with Gasteiger partial charge in [-0.3, -0.25) is 0 Å². The Balaban J connectivity index is 1.80. The number of rotatable bonds is 5. The summed E-state index contributed by atoms with van der Waals surface area (Å²) >= 11 is 0. The van der Waals surface area contributed by atoms with Crippen LogP contribution in [0, 0.1) is 13.8 Å². The van der Waals surface area contributed by atoms with Gasteiger partial charge in [0.1, 0.15) is 5.76 Å². The molecule has 4 rings (SSSR count). The molecule has 0 amide bonds. The van der Waals surface area contributed by atoms with E-state index in [1.54, 1.807) is 55.9 Å². The molecule has 0 spiro atoms. The van der Waals surface area contributed by atoms with Gasteiger partial charge < -0.3 is 9.15 Å². The fraction of sp³-hybridized carbons (Fsp3) is 0.250. The Labute approximate surface area is 164 Å². The highest BCUT2D eigenvalue weighted by atomic mass is 19.3. The molecular weight excluding hydrogens is 382 g/mol. The van der Waals surface area contributed by atoms with Gasteiger partial charge in [-0.1, -0.05) is 0 Å². The van der Waals surface area contributed by atoms with Crippen LogP contribution in [0.1, 0.15) is 35.4 Å². The molecule has 29 heavy (non-hydrogen) atoms. The Kier molecular flexibility index (Phi) is 4.65. The van der Waals surface area contributed by atoms with Crippen LogP contribution in [0.5, 0.6) is 0 Å². The second kappa shape index (κ2) is 7.16. The summed E-state index contributed by atoms with van der Waals surface area (Å²) in [4.78, 5) is 11.8. The minimum absolute atomic E-state index is 0.111. The molecule has 0 aliphatic carbocycles. The van der Waals surface area contributed by atoms with E-state index in [4.69, 9.17) is 9.15 Å². The number of furan rings is 1. The number of carbonyl (C=O) groups is 1. The van der Waals surface area contributed by atoms with Crippen molar-refractivity contribution in [3.8, 4) is 22.5 Å². The van der Waals surface area contributed by atoms with Crippen LogP contribution in [-0.4, -0.2) is 32.0 Å². The fourth-order valence-electron chi connectivity index (χ4n) is 3.37. The summed E-state index contributed by atoms with van der Waals surface area (Å²) in [6.07, 6.45) is 3.36. The van der Waals surface area contributed by atoms with E-state index in [1.165, 1.54) is 0 Å². The number of aromatic nitrogens is 4. The fourth-order valence-corrected chi connectivity index (χ4v) is 3.37. The summed E-state index contributed by atoms with van der Waals surface area (Å²) in [7, 11) is 0. The number of esters is 1. The van der Waals surface area contributed by atoms with Crippen LogP contribution in [-0.2, 0) is 4.74 Å². The summed E-state index contributed by atoms with van der Waals surface area (Å²) in [5.41, 5.74) is 3.57. The van der Waals surface area contributed by atoms with E-state index >= 15 is 0 Å². The average Bonchev–Trinajstić information content (AvgIpc) is 3.39. The predicted octanol–water partition coefficient (Wildman–Crippen LogP) is 4.65. The summed E-state index contributed by atoms with van der Waals surface area (Å²) in [5.74, 6) is 0.0651. The Morgan fingerprint density at radius 2 is 2.07 bits per heavy atom. The summed E-state index contributed by atoms with van der Waals surface area (Å²) in [5, 5.41) is 8.26. The van der Waals surface area contributed by atoms with Crippen LogP contribution in [0.3, 0.4) is 0 Å². The van der Waals surface area contributed by atoms with E-state index in [9.17, 15) is 13.6 Å². The molecule has 150 valence electrons. The van der Waals surface area contributed by atoms with Crippen molar-refractivity contribution in [3.63, 3.8) is 0 Å². The third-order valence-electron chi connectivity index (χ3n) is 4.67. The van der Waals surface area contributed by atoms with Crippen molar-refractivity contribution in [3.05, 3.63) is 53.8 Å². The van der Waals surface area contributed by atoms with E-state index in [0.717, 1.165) is 0 Å². The molecule has 7 nitrogen and oxygen atoms in total. The highest BCUT2D eigenvalue weighted by Crippen LogP contribution is 2.34. The Hall–Kier alpha value is -3.49. The maximum Gasteiger partial charge on any atom is 0.374 e. The quantitative estimate of drug-likeness (QED) is 0.456. The molecule has 0 fully saturated rings. The Morgan fingerprint density at radius 3 is 2.76 bits per heavy atom. The van der Waals surface area contributed by atoms with Crippen LogP contribution >= 0.6 is 0 Å². The van der Waals surface area contributed by atoms with E-state index in [2.05, 4.69) is 10.2 Å². The van der Waals surface area contributed by atoms with Gasteiger partial charge in [-0.15, -0.1) is 0 Å². The first kappa shape index (κ1) is 18.9. The third kappa shape index (κ3) is 3.18. The van der Waals surface area contributed by atoms with E-state index in [0.29, 0.717) is 44.0 Å². The smallest absolute Gasteiger partial charge is 0.374 e. The minimum atomic E-state index is -2.72. The summed E-state index contributed by atoms with van der Waals surface area (Å²) < 4.78 is 39.3. The van der Waals surface area contributed by atoms with Crippen molar-refractivity contribution in [1.29, 1.82) is 0 Å². The van der Waals surface area contributed by atoms with Gasteiger partial charge in [0.2, 0.25) is 5.76 Å². The number of fused-ring (bicyclic) bond motifs is 1. The molecule has 0 radical (unpaired) electrons. The molecule has 0 aromatic carbocycles. The molecule has 0 saturated heterocycles. The van der Waals surface area contributed by atoms with Gasteiger partial charge in [0.05, 0.1) is 24.0 Å².